The lowest BCUT2D eigenvalue weighted by Gasteiger charge is -2.24. The Balaban J connectivity index is 2.33. The molecule has 1 atom stereocenters. The minimum absolute atomic E-state index is 0.0121. The van der Waals surface area contributed by atoms with Gasteiger partial charge in [0.15, 0.2) is 11.2 Å². The van der Waals surface area contributed by atoms with Gasteiger partial charge in [0.05, 0.1) is 6.61 Å². The van der Waals surface area contributed by atoms with Crippen LogP contribution in [0.2, 0.25) is 0 Å². The van der Waals surface area contributed by atoms with Crippen molar-refractivity contribution in [3.05, 3.63) is 35.1 Å². The van der Waals surface area contributed by atoms with Crippen LogP contribution in [0.3, 0.4) is 0 Å². The summed E-state index contributed by atoms with van der Waals surface area (Å²) in [6.07, 6.45) is -2.39. The summed E-state index contributed by atoms with van der Waals surface area (Å²) in [4.78, 5) is 24.3. The van der Waals surface area contributed by atoms with Gasteiger partial charge in [-0.15, -0.1) is 0 Å². The van der Waals surface area contributed by atoms with Crippen molar-refractivity contribution in [2.45, 2.75) is 32.6 Å². The second-order valence-electron chi connectivity index (χ2n) is 5.07. The molecule has 0 radical (unpaired) electrons. The van der Waals surface area contributed by atoms with Crippen LogP contribution in [0.4, 0.5) is 13.2 Å². The van der Waals surface area contributed by atoms with Gasteiger partial charge in [0.2, 0.25) is 0 Å². The predicted molar refractivity (Wildman–Crippen MR) is 68.7 cm³/mol. The van der Waals surface area contributed by atoms with E-state index in [1.165, 1.54) is 6.07 Å². The molecule has 114 valence electrons. The zero-order chi connectivity index (χ0) is 15.6. The number of esters is 1. The number of alkyl halides is 2. The van der Waals surface area contributed by atoms with Crippen LogP contribution in [0.25, 0.3) is 0 Å². The first-order chi connectivity index (χ1) is 9.93. The topological polar surface area (TPSA) is 43.4 Å². The molecule has 0 aromatic heterocycles. The molecule has 1 aromatic carbocycles. The molecule has 2 rings (SSSR count). The zero-order valence-corrected chi connectivity index (χ0v) is 11.5. The van der Waals surface area contributed by atoms with Crippen LogP contribution >= 0.6 is 0 Å². The minimum atomic E-state index is -3.20. The van der Waals surface area contributed by atoms with Gasteiger partial charge in [-0.2, -0.15) is 0 Å². The van der Waals surface area contributed by atoms with Gasteiger partial charge in [-0.05, 0) is 24.1 Å². The highest BCUT2D eigenvalue weighted by Gasteiger charge is 2.59. The third-order valence-electron chi connectivity index (χ3n) is 3.66. The molecule has 0 heterocycles. The Hall–Kier alpha value is -1.85. The second kappa shape index (κ2) is 5.87. The number of fused-ring (bicyclic) bond motifs is 1. The lowest BCUT2D eigenvalue weighted by Crippen LogP contribution is -2.45. The molecule has 0 fully saturated rings. The fraction of sp³-hybridized carbons (Fsp3) is 0.467. The van der Waals surface area contributed by atoms with E-state index >= 15 is 0 Å². The van der Waals surface area contributed by atoms with Gasteiger partial charge in [0.1, 0.15) is 5.82 Å². The fourth-order valence-corrected chi connectivity index (χ4v) is 2.40. The van der Waals surface area contributed by atoms with Crippen molar-refractivity contribution in [2.75, 3.05) is 6.61 Å². The first-order valence-corrected chi connectivity index (χ1v) is 6.72. The summed E-state index contributed by atoms with van der Waals surface area (Å²) in [5, 5.41) is 0. The van der Waals surface area contributed by atoms with Gasteiger partial charge in [-0.3, -0.25) is 9.59 Å². The van der Waals surface area contributed by atoms with Crippen LogP contribution in [-0.4, -0.2) is 24.8 Å². The number of rotatable bonds is 5. The Morgan fingerprint density at radius 1 is 1.43 bits per heavy atom. The number of halogens is 3. The third kappa shape index (κ3) is 2.54. The number of carbonyl (C=O) groups is 2. The highest BCUT2D eigenvalue weighted by Crippen LogP contribution is 2.43. The van der Waals surface area contributed by atoms with Gasteiger partial charge in [-0.25, -0.2) is 13.2 Å². The number of benzene rings is 1. The molecule has 1 unspecified atom stereocenters. The fourth-order valence-electron chi connectivity index (χ4n) is 2.40. The molecule has 1 aliphatic carbocycles. The van der Waals surface area contributed by atoms with E-state index in [1.807, 2.05) is 6.92 Å². The lowest BCUT2D eigenvalue weighted by atomic mass is 9.84. The van der Waals surface area contributed by atoms with Crippen molar-refractivity contribution in [1.82, 2.24) is 0 Å². The van der Waals surface area contributed by atoms with Gasteiger partial charge in [0.25, 0.3) is 6.43 Å². The van der Waals surface area contributed by atoms with Crippen molar-refractivity contribution < 1.29 is 27.5 Å². The number of ether oxygens (including phenoxy) is 1. The van der Waals surface area contributed by atoms with E-state index in [9.17, 15) is 22.8 Å². The highest BCUT2D eigenvalue weighted by atomic mass is 19.3. The van der Waals surface area contributed by atoms with Crippen molar-refractivity contribution in [3.8, 4) is 0 Å². The van der Waals surface area contributed by atoms with Crippen molar-refractivity contribution >= 4 is 11.8 Å². The van der Waals surface area contributed by atoms with E-state index < -0.39 is 35.8 Å². The van der Waals surface area contributed by atoms with Crippen LogP contribution in [-0.2, 0) is 16.0 Å². The van der Waals surface area contributed by atoms with E-state index in [4.69, 9.17) is 4.74 Å². The molecule has 0 amide bonds. The second-order valence-corrected chi connectivity index (χ2v) is 5.07. The molecule has 1 aromatic rings. The summed E-state index contributed by atoms with van der Waals surface area (Å²) in [5.74, 6) is -2.99. The molecule has 0 N–H and O–H groups in total. The third-order valence-corrected chi connectivity index (χ3v) is 3.66. The first-order valence-electron chi connectivity index (χ1n) is 6.72. The molecule has 21 heavy (non-hydrogen) atoms. The number of Topliss-reactive ketones (excluding diaryl/α,β-unsaturated/α-hetero) is 1. The molecular formula is C15H15F3O3. The summed E-state index contributed by atoms with van der Waals surface area (Å²) in [7, 11) is 0. The molecule has 0 saturated heterocycles. The number of hydrogen-bond acceptors (Lipinski definition) is 3. The molecule has 6 heteroatoms. The Morgan fingerprint density at radius 3 is 2.76 bits per heavy atom. The first kappa shape index (κ1) is 15.5. The van der Waals surface area contributed by atoms with E-state index in [0.29, 0.717) is 6.42 Å². The van der Waals surface area contributed by atoms with Gasteiger partial charge in [-0.1, -0.05) is 19.4 Å². The van der Waals surface area contributed by atoms with Crippen molar-refractivity contribution in [3.63, 3.8) is 0 Å². The van der Waals surface area contributed by atoms with E-state index in [-0.39, 0.29) is 17.7 Å². The monoisotopic (exact) mass is 300 g/mol. The predicted octanol–water partition coefficient (Wildman–Crippen LogP) is 3.16. The van der Waals surface area contributed by atoms with Gasteiger partial charge < -0.3 is 4.74 Å². The SMILES string of the molecule is CCCCOC(=O)C1(C(F)F)Cc2ccc(F)cc2C1=O. The van der Waals surface area contributed by atoms with E-state index in [1.54, 1.807) is 0 Å². The average molecular weight is 300 g/mol. The minimum Gasteiger partial charge on any atom is -0.465 e. The highest BCUT2D eigenvalue weighted by molar-refractivity contribution is 6.16. The lowest BCUT2D eigenvalue weighted by molar-refractivity contribution is -0.160. The molecule has 0 aliphatic heterocycles. The van der Waals surface area contributed by atoms with Crippen LogP contribution in [0, 0.1) is 11.2 Å². The zero-order valence-electron chi connectivity index (χ0n) is 11.5. The van der Waals surface area contributed by atoms with Crippen LogP contribution in [0.5, 0.6) is 0 Å². The van der Waals surface area contributed by atoms with Gasteiger partial charge in [0, 0.05) is 12.0 Å². The molecule has 0 saturated carbocycles. The Morgan fingerprint density at radius 2 is 2.14 bits per heavy atom. The standard InChI is InChI=1S/C15H15F3O3/c1-2-3-6-21-14(20)15(13(17)18)8-9-4-5-10(16)7-11(9)12(15)19/h4-5,7,13H,2-3,6,8H2,1H3. The largest absolute Gasteiger partial charge is 0.465 e. The smallest absolute Gasteiger partial charge is 0.326 e. The number of ketones is 1. The van der Waals surface area contributed by atoms with Crippen LogP contribution in [0.1, 0.15) is 35.7 Å². The maximum absolute atomic E-state index is 13.5. The average Bonchev–Trinajstić information content (AvgIpc) is 2.73. The van der Waals surface area contributed by atoms with E-state index in [0.717, 1.165) is 18.6 Å². The quantitative estimate of drug-likeness (QED) is 0.476. The maximum atomic E-state index is 13.5. The summed E-state index contributed by atoms with van der Waals surface area (Å²) >= 11 is 0. The Kier molecular flexibility index (Phi) is 4.34. The number of carbonyl (C=O) groups excluding carboxylic acids is 2. The number of unbranched alkanes of at least 4 members (excludes halogenated alkanes) is 1. The number of hydrogen-bond donors (Lipinski definition) is 0. The van der Waals surface area contributed by atoms with Crippen LogP contribution in [0.15, 0.2) is 18.2 Å². The summed E-state index contributed by atoms with van der Waals surface area (Å²) in [6, 6.07) is 3.23. The van der Waals surface area contributed by atoms with Crippen molar-refractivity contribution in [2.24, 2.45) is 5.41 Å². The molecular weight excluding hydrogens is 285 g/mol. The molecule has 0 bridgehead atoms. The Labute approximate surface area is 120 Å². The molecule has 3 nitrogen and oxygen atoms in total. The molecule has 0 spiro atoms. The van der Waals surface area contributed by atoms with E-state index in [2.05, 4.69) is 0 Å². The molecule has 1 aliphatic rings. The summed E-state index contributed by atoms with van der Waals surface area (Å²) in [6.45, 7) is 1.85. The van der Waals surface area contributed by atoms with Gasteiger partial charge >= 0.3 is 5.97 Å². The summed E-state index contributed by atoms with van der Waals surface area (Å²) in [5.41, 5.74) is -2.46. The van der Waals surface area contributed by atoms with Crippen molar-refractivity contribution in [1.29, 1.82) is 0 Å². The summed E-state index contributed by atoms with van der Waals surface area (Å²) < 4.78 is 44.9. The van der Waals surface area contributed by atoms with Crippen LogP contribution < -0.4 is 0 Å². The maximum Gasteiger partial charge on any atom is 0.326 e. The Bertz CT molecular complexity index is 571. The normalized spacial score (nSPS) is 20.7.